The Morgan fingerprint density at radius 2 is 1.29 bits per heavy atom. The monoisotopic (exact) mass is 690 g/mol. The van der Waals surface area contributed by atoms with Crippen molar-refractivity contribution in [3.8, 4) is 22.3 Å². The van der Waals surface area contributed by atoms with E-state index in [-0.39, 0.29) is 0 Å². The molecule has 0 fully saturated rings. The van der Waals surface area contributed by atoms with Crippen LogP contribution >= 0.6 is 12.6 Å². The molecule has 8 N–H and O–H groups in total. The summed E-state index contributed by atoms with van der Waals surface area (Å²) in [6.07, 6.45) is 12.1. The average molecular weight is 691 g/mol. The van der Waals surface area contributed by atoms with E-state index < -0.39 is 0 Å². The van der Waals surface area contributed by atoms with Crippen molar-refractivity contribution >= 4 is 41.9 Å². The highest BCUT2D eigenvalue weighted by Gasteiger charge is 2.10. The van der Waals surface area contributed by atoms with Crippen molar-refractivity contribution in [1.82, 2.24) is 4.98 Å². The third-order valence-corrected chi connectivity index (χ3v) is 9.21. The molecule has 5 aromatic rings. The number of benzene rings is 4. The van der Waals surface area contributed by atoms with Gasteiger partial charge in [-0.2, -0.15) is 0 Å². The minimum atomic E-state index is 0.548. The largest absolute Gasteiger partial charge is 0.405 e. The van der Waals surface area contributed by atoms with E-state index in [1.807, 2.05) is 74.5 Å². The Bertz CT molecular complexity index is 2110. The first-order valence-electron chi connectivity index (χ1n) is 16.7. The van der Waals surface area contributed by atoms with E-state index in [0.29, 0.717) is 22.5 Å². The van der Waals surface area contributed by atoms with Crippen LogP contribution in [0.3, 0.4) is 0 Å². The SMILES string of the molecule is CC/C=C(\C=C/N)C(/N)=C(/C=N)c1ccc(-c2ccc(S)c(C)c2)cc1.Cc1cccc(-c2ccc(/C(C=N)=C(/N)c3ccncc3)cc2)c1C. The van der Waals surface area contributed by atoms with Gasteiger partial charge in [0.05, 0.1) is 0 Å². The van der Waals surface area contributed by atoms with Gasteiger partial charge in [-0.05, 0) is 113 Å². The minimum Gasteiger partial charge on any atom is -0.405 e. The molecular weight excluding hydrogens is 645 g/mol. The Morgan fingerprint density at radius 3 is 1.86 bits per heavy atom. The predicted octanol–water partition coefficient (Wildman–Crippen LogP) is 9.92. The summed E-state index contributed by atoms with van der Waals surface area (Å²) in [5.74, 6) is 0. The van der Waals surface area contributed by atoms with E-state index in [1.54, 1.807) is 18.5 Å². The molecule has 1 aromatic heterocycles. The van der Waals surface area contributed by atoms with E-state index in [1.165, 1.54) is 35.3 Å². The molecule has 7 heteroatoms. The molecule has 1 heterocycles. The molecule has 0 amide bonds. The first-order chi connectivity index (χ1) is 24.6. The summed E-state index contributed by atoms with van der Waals surface area (Å²) < 4.78 is 0. The quantitative estimate of drug-likeness (QED) is 0.0493. The number of nitrogens with two attached hydrogens (primary N) is 3. The Kier molecular flexibility index (Phi) is 13.5. The van der Waals surface area contributed by atoms with E-state index in [9.17, 15) is 0 Å². The van der Waals surface area contributed by atoms with Crippen LogP contribution < -0.4 is 17.2 Å². The van der Waals surface area contributed by atoms with Gasteiger partial charge < -0.3 is 28.0 Å². The smallest absolute Gasteiger partial charge is 0.0483 e. The maximum absolute atomic E-state index is 7.80. The molecule has 0 aliphatic heterocycles. The molecule has 0 bridgehead atoms. The second kappa shape index (κ2) is 18.2. The molecule has 0 spiro atoms. The third-order valence-electron chi connectivity index (χ3n) is 8.71. The fraction of sp³-hybridized carbons (Fsp3) is 0.114. The molecule has 4 aromatic carbocycles. The molecule has 0 aliphatic rings. The van der Waals surface area contributed by atoms with Gasteiger partial charge in [0.15, 0.2) is 0 Å². The summed E-state index contributed by atoms with van der Waals surface area (Å²) >= 11 is 4.42. The fourth-order valence-corrected chi connectivity index (χ4v) is 5.78. The predicted molar refractivity (Wildman–Crippen MR) is 221 cm³/mol. The summed E-state index contributed by atoms with van der Waals surface area (Å²) in [6, 6.07) is 32.5. The van der Waals surface area contributed by atoms with Gasteiger partial charge in [-0.15, -0.1) is 12.6 Å². The minimum absolute atomic E-state index is 0.548. The second-order valence-corrected chi connectivity index (χ2v) is 12.5. The zero-order valence-corrected chi connectivity index (χ0v) is 30.5. The van der Waals surface area contributed by atoms with Crippen LogP contribution in [0.2, 0.25) is 0 Å². The molecular formula is C44H46N6S. The van der Waals surface area contributed by atoms with Crippen molar-refractivity contribution in [3.63, 3.8) is 0 Å². The molecule has 258 valence electrons. The topological polar surface area (TPSA) is 139 Å². The highest BCUT2D eigenvalue weighted by Crippen LogP contribution is 2.29. The molecule has 0 radical (unpaired) electrons. The van der Waals surface area contributed by atoms with Crippen LogP contribution in [0.5, 0.6) is 0 Å². The van der Waals surface area contributed by atoms with E-state index in [0.717, 1.165) is 55.8 Å². The molecule has 0 aliphatic carbocycles. The molecule has 6 nitrogen and oxygen atoms in total. The van der Waals surface area contributed by atoms with Crippen LogP contribution in [0.25, 0.3) is 39.1 Å². The number of allylic oxidation sites excluding steroid dienone is 4. The zero-order chi connectivity index (χ0) is 36.9. The lowest BCUT2D eigenvalue weighted by Crippen LogP contribution is -2.06. The Balaban J connectivity index is 0.000000229. The van der Waals surface area contributed by atoms with Crippen molar-refractivity contribution in [3.05, 3.63) is 172 Å². The molecule has 0 saturated carbocycles. The highest BCUT2D eigenvalue weighted by atomic mass is 32.1. The van der Waals surface area contributed by atoms with Crippen LogP contribution in [0.4, 0.5) is 0 Å². The molecule has 5 rings (SSSR count). The summed E-state index contributed by atoms with van der Waals surface area (Å²) in [7, 11) is 0. The molecule has 51 heavy (non-hydrogen) atoms. The number of aromatic nitrogens is 1. The number of rotatable bonds is 10. The summed E-state index contributed by atoms with van der Waals surface area (Å²) in [5, 5.41) is 15.6. The third kappa shape index (κ3) is 9.41. The normalized spacial score (nSPS) is 12.4. The van der Waals surface area contributed by atoms with E-state index in [2.05, 4.69) is 73.9 Å². The number of thiol groups is 1. The van der Waals surface area contributed by atoms with Crippen LogP contribution in [0, 0.1) is 31.6 Å². The van der Waals surface area contributed by atoms with Gasteiger partial charge in [-0.3, -0.25) is 4.98 Å². The Labute approximate surface area is 307 Å². The van der Waals surface area contributed by atoms with Crippen LogP contribution in [-0.4, -0.2) is 17.4 Å². The van der Waals surface area contributed by atoms with Crippen molar-refractivity contribution < 1.29 is 0 Å². The maximum Gasteiger partial charge on any atom is 0.0483 e. The Morgan fingerprint density at radius 1 is 0.706 bits per heavy atom. The van der Waals surface area contributed by atoms with E-state index in [4.69, 9.17) is 28.0 Å². The van der Waals surface area contributed by atoms with E-state index >= 15 is 0 Å². The van der Waals surface area contributed by atoms with Crippen LogP contribution in [0.15, 0.2) is 144 Å². The van der Waals surface area contributed by atoms with Crippen LogP contribution in [-0.2, 0) is 0 Å². The lowest BCUT2D eigenvalue weighted by Gasteiger charge is -2.11. The Hall–Kier alpha value is -5.92. The summed E-state index contributed by atoms with van der Waals surface area (Å²) in [5.41, 5.74) is 32.5. The maximum atomic E-state index is 7.80. The average Bonchev–Trinajstić information content (AvgIpc) is 3.15. The molecule has 0 unspecified atom stereocenters. The number of nitrogens with one attached hydrogen (secondary N) is 2. The first kappa shape index (κ1) is 37.9. The van der Waals surface area contributed by atoms with Crippen LogP contribution in [0.1, 0.15) is 46.7 Å². The number of pyridine rings is 1. The van der Waals surface area contributed by atoms with Crippen molar-refractivity contribution in [2.24, 2.45) is 17.2 Å². The van der Waals surface area contributed by atoms with Gasteiger partial charge >= 0.3 is 0 Å². The van der Waals surface area contributed by atoms with Gasteiger partial charge in [-0.25, -0.2) is 0 Å². The van der Waals surface area contributed by atoms with Gasteiger partial charge in [-0.1, -0.05) is 91.9 Å². The van der Waals surface area contributed by atoms with Crippen molar-refractivity contribution in [2.45, 2.75) is 39.0 Å². The summed E-state index contributed by atoms with van der Waals surface area (Å²) in [6.45, 7) is 8.35. The second-order valence-electron chi connectivity index (χ2n) is 12.0. The fourth-order valence-electron chi connectivity index (χ4n) is 5.64. The highest BCUT2D eigenvalue weighted by molar-refractivity contribution is 7.80. The summed E-state index contributed by atoms with van der Waals surface area (Å²) in [4.78, 5) is 4.99. The molecule has 0 atom stereocenters. The lowest BCUT2D eigenvalue weighted by atomic mass is 9.94. The number of hydrogen-bond acceptors (Lipinski definition) is 7. The number of nitrogens with zero attached hydrogens (tertiary/aromatic N) is 1. The lowest BCUT2D eigenvalue weighted by molar-refractivity contribution is 1.19. The number of hydrogen-bond donors (Lipinski definition) is 6. The van der Waals surface area contributed by atoms with Gasteiger partial charge in [0, 0.05) is 57.8 Å². The zero-order valence-electron chi connectivity index (χ0n) is 29.6. The van der Waals surface area contributed by atoms with Gasteiger partial charge in [0.1, 0.15) is 0 Å². The van der Waals surface area contributed by atoms with Gasteiger partial charge in [0.25, 0.3) is 0 Å². The molecule has 0 saturated heterocycles. The van der Waals surface area contributed by atoms with Crippen molar-refractivity contribution in [2.75, 3.05) is 0 Å². The van der Waals surface area contributed by atoms with Crippen molar-refractivity contribution in [1.29, 1.82) is 10.8 Å². The standard InChI is InChI=1S/C22H25N3S.C22H21N3/c1-3-4-18(11-12-23)22(25)20(14-24)17-7-5-16(6-8-17)19-9-10-21(26)15(2)13-19;1-15-4-3-5-20(16(15)2)17-6-8-18(9-7-17)21(14-23)22(24)19-10-12-25-13-11-19/h4-14,24,26H,3,23,25H2,1-2H3;3-14,23H,24H2,1-2H3/b12-11-,18-4+,22-20+,24-14?;22-21+,23-14?. The number of aryl methyl sites for hydroxylation is 2. The van der Waals surface area contributed by atoms with Gasteiger partial charge in [0.2, 0.25) is 0 Å². The first-order valence-corrected chi connectivity index (χ1v) is 17.1.